The van der Waals surface area contributed by atoms with Gasteiger partial charge in [-0.15, -0.1) is 0 Å². The van der Waals surface area contributed by atoms with E-state index >= 15 is 0 Å². The van der Waals surface area contributed by atoms with E-state index in [1.54, 1.807) is 6.92 Å². The maximum absolute atomic E-state index is 13.0. The van der Waals surface area contributed by atoms with Crippen LogP contribution < -0.4 is 10.6 Å². The number of aryl methyl sites for hydroxylation is 1. The second-order valence-corrected chi connectivity index (χ2v) is 9.75. The van der Waals surface area contributed by atoms with Gasteiger partial charge in [0, 0.05) is 17.1 Å². The molecule has 1 unspecified atom stereocenters. The van der Waals surface area contributed by atoms with Crippen molar-refractivity contribution in [1.29, 1.82) is 0 Å². The average molecular weight is 425 g/mol. The third-order valence-corrected chi connectivity index (χ3v) is 5.90. The molecule has 2 aliphatic rings. The van der Waals surface area contributed by atoms with Crippen LogP contribution >= 0.6 is 0 Å². The van der Waals surface area contributed by atoms with Gasteiger partial charge in [-0.1, -0.05) is 0 Å². The van der Waals surface area contributed by atoms with Gasteiger partial charge in [0.05, 0.1) is 12.1 Å². The van der Waals surface area contributed by atoms with Crippen LogP contribution in [0.25, 0.3) is 0 Å². The van der Waals surface area contributed by atoms with Gasteiger partial charge in [-0.25, -0.2) is 0 Å². The van der Waals surface area contributed by atoms with Crippen molar-refractivity contribution in [3.05, 3.63) is 34.9 Å². The van der Waals surface area contributed by atoms with Crippen molar-refractivity contribution in [1.82, 2.24) is 15.5 Å². The van der Waals surface area contributed by atoms with Gasteiger partial charge in [0.2, 0.25) is 5.91 Å². The highest BCUT2D eigenvalue weighted by Crippen LogP contribution is 2.54. The molecule has 2 N–H and O–H groups in total. The molecule has 0 radical (unpaired) electrons. The Morgan fingerprint density at radius 2 is 1.77 bits per heavy atom. The number of halogens is 3. The lowest BCUT2D eigenvalue weighted by atomic mass is 9.92. The summed E-state index contributed by atoms with van der Waals surface area (Å²) in [5, 5.41) is 5.88. The smallest absolute Gasteiger partial charge is 0.350 e. The Morgan fingerprint density at radius 3 is 2.33 bits per heavy atom. The molecule has 0 bridgehead atoms. The topological polar surface area (TPSA) is 61.4 Å². The van der Waals surface area contributed by atoms with Crippen LogP contribution in [0, 0.1) is 12.3 Å². The summed E-state index contributed by atoms with van der Waals surface area (Å²) in [5.74, 6) is -0.461. The zero-order valence-electron chi connectivity index (χ0n) is 17.9. The summed E-state index contributed by atoms with van der Waals surface area (Å²) in [6.07, 6.45) is -1.92. The van der Waals surface area contributed by atoms with E-state index in [0.717, 1.165) is 44.5 Å². The zero-order valence-corrected chi connectivity index (χ0v) is 17.9. The number of carbonyl (C=O) groups is 2. The van der Waals surface area contributed by atoms with Gasteiger partial charge in [0.15, 0.2) is 0 Å². The third kappa shape index (κ3) is 5.53. The monoisotopic (exact) mass is 425 g/mol. The van der Waals surface area contributed by atoms with E-state index < -0.39 is 17.6 Å². The number of rotatable bonds is 4. The van der Waals surface area contributed by atoms with Gasteiger partial charge in [-0.05, 0) is 89.2 Å². The van der Waals surface area contributed by atoms with E-state index in [4.69, 9.17) is 0 Å². The lowest BCUT2D eigenvalue weighted by Gasteiger charge is -2.33. The van der Waals surface area contributed by atoms with Crippen LogP contribution in [0.3, 0.4) is 0 Å². The third-order valence-electron chi connectivity index (χ3n) is 5.90. The molecular formula is C22H30F3N3O2. The summed E-state index contributed by atoms with van der Waals surface area (Å²) in [6, 6.07) is 3.41. The van der Waals surface area contributed by atoms with E-state index in [0.29, 0.717) is 12.1 Å². The van der Waals surface area contributed by atoms with Crippen LogP contribution in [0.4, 0.5) is 13.2 Å². The summed E-state index contributed by atoms with van der Waals surface area (Å²) >= 11 is 0. The van der Waals surface area contributed by atoms with Crippen LogP contribution in [-0.2, 0) is 11.0 Å². The zero-order chi connectivity index (χ0) is 22.3. The fourth-order valence-corrected chi connectivity index (χ4v) is 4.24. The molecule has 30 heavy (non-hydrogen) atoms. The molecule has 1 aliphatic heterocycles. The minimum absolute atomic E-state index is 0.000911. The van der Waals surface area contributed by atoms with Crippen LogP contribution in [0.15, 0.2) is 18.2 Å². The van der Waals surface area contributed by atoms with Crippen LogP contribution in [0.5, 0.6) is 0 Å². The molecule has 166 valence electrons. The molecule has 2 fully saturated rings. The first-order valence-corrected chi connectivity index (χ1v) is 10.3. The Bertz CT molecular complexity index is 822. The Morgan fingerprint density at radius 1 is 1.13 bits per heavy atom. The first kappa shape index (κ1) is 22.6. The lowest BCUT2D eigenvalue weighted by molar-refractivity contribution is -0.137. The number of amides is 2. The Hall–Kier alpha value is -2.09. The van der Waals surface area contributed by atoms with Crippen molar-refractivity contribution < 1.29 is 22.8 Å². The minimum Gasteiger partial charge on any atom is -0.350 e. The maximum Gasteiger partial charge on any atom is 0.416 e. The lowest BCUT2D eigenvalue weighted by Crippen LogP contribution is -2.48. The second-order valence-electron chi connectivity index (χ2n) is 9.75. The quantitative estimate of drug-likeness (QED) is 0.776. The Labute approximate surface area is 175 Å². The molecule has 3 rings (SSSR count). The summed E-state index contributed by atoms with van der Waals surface area (Å²) in [6.45, 7) is 9.28. The highest BCUT2D eigenvalue weighted by Gasteiger charge is 2.55. The molecule has 0 aromatic heterocycles. The van der Waals surface area contributed by atoms with Crippen molar-refractivity contribution >= 4 is 11.8 Å². The van der Waals surface area contributed by atoms with Gasteiger partial charge in [-0.3, -0.25) is 14.5 Å². The highest BCUT2D eigenvalue weighted by atomic mass is 19.4. The number of likely N-dealkylation sites (tertiary alicyclic amines) is 1. The number of hydrogen-bond acceptors (Lipinski definition) is 3. The molecule has 1 saturated heterocycles. The Balaban J connectivity index is 1.53. The van der Waals surface area contributed by atoms with E-state index in [-0.39, 0.29) is 28.5 Å². The van der Waals surface area contributed by atoms with E-state index in [1.807, 2.05) is 20.8 Å². The highest BCUT2D eigenvalue weighted by molar-refractivity contribution is 5.95. The number of hydrogen-bond donors (Lipinski definition) is 2. The maximum atomic E-state index is 13.0. The van der Waals surface area contributed by atoms with Gasteiger partial charge < -0.3 is 10.6 Å². The number of nitrogens with zero attached hydrogens (tertiary/aromatic N) is 1. The van der Waals surface area contributed by atoms with Crippen molar-refractivity contribution in [3.63, 3.8) is 0 Å². The minimum atomic E-state index is -4.48. The van der Waals surface area contributed by atoms with E-state index in [2.05, 4.69) is 15.5 Å². The van der Waals surface area contributed by atoms with Crippen molar-refractivity contribution in [2.75, 3.05) is 19.6 Å². The van der Waals surface area contributed by atoms with E-state index in [9.17, 15) is 22.8 Å². The molecule has 1 aromatic rings. The molecule has 1 heterocycles. The first-order chi connectivity index (χ1) is 13.8. The molecule has 1 spiro atoms. The number of alkyl halides is 3. The average Bonchev–Trinajstić information content (AvgIpc) is 3.25. The SMILES string of the molecule is Cc1cc(C(=O)NC2CC23CCN(CC(=O)NC(C)(C)C)CC3)cc(C(F)(F)F)c1. The molecule has 8 heteroatoms. The summed E-state index contributed by atoms with van der Waals surface area (Å²) in [4.78, 5) is 26.8. The predicted molar refractivity (Wildman–Crippen MR) is 108 cm³/mol. The fraction of sp³-hybridized carbons (Fsp3) is 0.636. The summed E-state index contributed by atoms with van der Waals surface area (Å²) < 4.78 is 39.1. The van der Waals surface area contributed by atoms with Crippen molar-refractivity contribution in [3.8, 4) is 0 Å². The van der Waals surface area contributed by atoms with Crippen LogP contribution in [0.2, 0.25) is 0 Å². The number of piperidine rings is 1. The van der Waals surface area contributed by atoms with Gasteiger partial charge in [0.1, 0.15) is 0 Å². The summed E-state index contributed by atoms with van der Waals surface area (Å²) in [7, 11) is 0. The predicted octanol–water partition coefficient (Wildman–Crippen LogP) is 3.51. The largest absolute Gasteiger partial charge is 0.416 e. The molecule has 2 amide bonds. The molecular weight excluding hydrogens is 395 g/mol. The van der Waals surface area contributed by atoms with Gasteiger partial charge in [0.25, 0.3) is 5.91 Å². The Kier molecular flexibility index (Phi) is 5.93. The number of benzene rings is 1. The second kappa shape index (κ2) is 7.87. The van der Waals surface area contributed by atoms with Crippen molar-refractivity contribution in [2.45, 2.75) is 64.7 Å². The molecule has 1 aromatic carbocycles. The van der Waals surface area contributed by atoms with E-state index in [1.165, 1.54) is 6.07 Å². The molecule has 5 nitrogen and oxygen atoms in total. The summed E-state index contributed by atoms with van der Waals surface area (Å²) in [5.41, 5.74) is -0.617. The first-order valence-electron chi connectivity index (χ1n) is 10.3. The van der Waals surface area contributed by atoms with Crippen molar-refractivity contribution in [2.24, 2.45) is 5.41 Å². The number of carbonyl (C=O) groups excluding carboxylic acids is 2. The molecule has 1 saturated carbocycles. The standard InChI is InChI=1S/C22H30F3N3O2/c1-14-9-15(11-16(10-14)22(23,24)25)19(30)26-17-12-21(17)5-7-28(8-6-21)13-18(29)27-20(2,3)4/h9-11,17H,5-8,12-13H2,1-4H3,(H,26,30)(H,27,29). The molecule has 1 atom stereocenters. The molecule has 1 aliphatic carbocycles. The van der Waals surface area contributed by atoms with Gasteiger partial charge in [-0.2, -0.15) is 13.2 Å². The number of nitrogens with one attached hydrogen (secondary N) is 2. The van der Waals surface area contributed by atoms with Crippen LogP contribution in [0.1, 0.15) is 61.5 Å². The van der Waals surface area contributed by atoms with Gasteiger partial charge >= 0.3 is 6.18 Å². The van der Waals surface area contributed by atoms with Crippen LogP contribution in [-0.4, -0.2) is 47.9 Å². The normalized spacial score (nSPS) is 21.4. The fourth-order valence-electron chi connectivity index (χ4n) is 4.24.